The van der Waals surface area contributed by atoms with E-state index in [0.29, 0.717) is 23.7 Å². The van der Waals surface area contributed by atoms with Gasteiger partial charge < -0.3 is 4.90 Å². The van der Waals surface area contributed by atoms with Gasteiger partial charge in [-0.25, -0.2) is 4.39 Å². The minimum absolute atomic E-state index is 0.249. The van der Waals surface area contributed by atoms with Gasteiger partial charge in [-0.1, -0.05) is 18.2 Å². The highest BCUT2D eigenvalue weighted by molar-refractivity contribution is 5.59. The Hall–Kier alpha value is -2.34. The molecule has 0 bridgehead atoms. The topological polar surface area (TPSA) is 27.0 Å². The summed E-state index contributed by atoms with van der Waals surface area (Å²) < 4.78 is 13.9. The third-order valence-corrected chi connectivity index (χ3v) is 3.86. The Morgan fingerprint density at radius 2 is 2.10 bits per heavy atom. The number of nitrogens with zero attached hydrogens (tertiary/aromatic N) is 2. The van der Waals surface area contributed by atoms with Gasteiger partial charge in [-0.2, -0.15) is 5.26 Å². The van der Waals surface area contributed by atoms with Crippen molar-refractivity contribution in [2.75, 3.05) is 4.90 Å². The number of rotatable bonds is 2. The predicted octanol–water partition coefficient (Wildman–Crippen LogP) is 3.65. The van der Waals surface area contributed by atoms with Crippen molar-refractivity contribution in [1.82, 2.24) is 0 Å². The number of hydrogen-bond donors (Lipinski definition) is 0. The Morgan fingerprint density at radius 1 is 1.30 bits per heavy atom. The lowest BCUT2D eigenvalue weighted by molar-refractivity contribution is 0.593. The van der Waals surface area contributed by atoms with Crippen molar-refractivity contribution in [1.29, 1.82) is 5.26 Å². The molecule has 2 nitrogen and oxygen atoms in total. The van der Waals surface area contributed by atoms with Gasteiger partial charge in [0.05, 0.1) is 11.6 Å². The smallest absolute Gasteiger partial charge is 0.128 e. The highest BCUT2D eigenvalue weighted by Crippen LogP contribution is 2.33. The van der Waals surface area contributed by atoms with Gasteiger partial charge in [-0.3, -0.25) is 0 Å². The molecule has 0 amide bonds. The molecule has 0 saturated carbocycles. The van der Waals surface area contributed by atoms with E-state index in [4.69, 9.17) is 5.26 Å². The van der Waals surface area contributed by atoms with Crippen LogP contribution in [-0.4, -0.2) is 6.04 Å². The van der Waals surface area contributed by atoms with Crippen molar-refractivity contribution in [2.45, 2.75) is 25.9 Å². The van der Waals surface area contributed by atoms with Crippen molar-refractivity contribution >= 4 is 5.69 Å². The number of nitriles is 1. The summed E-state index contributed by atoms with van der Waals surface area (Å²) in [4.78, 5) is 2.20. The molecule has 1 heterocycles. The number of fused-ring (bicyclic) bond motifs is 1. The van der Waals surface area contributed by atoms with Gasteiger partial charge in [-0.15, -0.1) is 0 Å². The zero-order valence-corrected chi connectivity index (χ0v) is 11.3. The highest BCUT2D eigenvalue weighted by atomic mass is 19.1. The van der Waals surface area contributed by atoms with E-state index in [-0.39, 0.29) is 5.82 Å². The summed E-state index contributed by atoms with van der Waals surface area (Å²) in [5, 5.41) is 8.94. The van der Waals surface area contributed by atoms with Gasteiger partial charge >= 0.3 is 0 Å². The quantitative estimate of drug-likeness (QED) is 0.829. The van der Waals surface area contributed by atoms with Crippen molar-refractivity contribution in [3.05, 3.63) is 65.0 Å². The lowest BCUT2D eigenvalue weighted by Crippen LogP contribution is -2.29. The minimum Gasteiger partial charge on any atom is -0.364 e. The SMILES string of the molecule is C[C@H]1Cc2ccccc2N1Cc1cc(C#N)ccc1F. The third kappa shape index (κ3) is 2.14. The maximum atomic E-state index is 13.9. The van der Waals surface area contributed by atoms with Crippen molar-refractivity contribution in [3.8, 4) is 6.07 Å². The first-order valence-electron chi connectivity index (χ1n) is 6.72. The molecular formula is C17H15FN2. The second kappa shape index (κ2) is 4.97. The van der Waals surface area contributed by atoms with Crippen LogP contribution in [0.3, 0.4) is 0 Å². The molecule has 1 atom stereocenters. The zero-order chi connectivity index (χ0) is 14.1. The summed E-state index contributed by atoms with van der Waals surface area (Å²) in [5.74, 6) is -0.249. The van der Waals surface area contributed by atoms with Gasteiger partial charge in [0.2, 0.25) is 0 Å². The zero-order valence-electron chi connectivity index (χ0n) is 11.3. The summed E-state index contributed by atoms with van der Waals surface area (Å²) in [6.45, 7) is 2.64. The van der Waals surface area contributed by atoms with Crippen LogP contribution in [0.25, 0.3) is 0 Å². The molecule has 1 aliphatic rings. The fourth-order valence-electron chi connectivity index (χ4n) is 2.82. The fraction of sp³-hybridized carbons (Fsp3) is 0.235. The average Bonchev–Trinajstić information content (AvgIpc) is 2.77. The number of benzene rings is 2. The molecule has 0 saturated heterocycles. The monoisotopic (exact) mass is 266 g/mol. The van der Waals surface area contributed by atoms with Crippen LogP contribution >= 0.6 is 0 Å². The van der Waals surface area contributed by atoms with Crippen molar-refractivity contribution < 1.29 is 4.39 Å². The van der Waals surface area contributed by atoms with Gasteiger partial charge in [0.1, 0.15) is 5.82 Å². The maximum absolute atomic E-state index is 13.9. The van der Waals surface area contributed by atoms with E-state index in [1.807, 2.05) is 12.1 Å². The van der Waals surface area contributed by atoms with Crippen LogP contribution < -0.4 is 4.90 Å². The molecule has 2 aromatic carbocycles. The molecule has 0 aliphatic carbocycles. The molecule has 3 rings (SSSR count). The summed E-state index contributed by atoms with van der Waals surface area (Å²) in [5.41, 5.74) is 3.55. The van der Waals surface area contributed by atoms with Crippen LogP contribution in [0.5, 0.6) is 0 Å². The second-order valence-electron chi connectivity index (χ2n) is 5.23. The lowest BCUT2D eigenvalue weighted by Gasteiger charge is -2.25. The van der Waals surface area contributed by atoms with Crippen LogP contribution in [0, 0.1) is 17.1 Å². The third-order valence-electron chi connectivity index (χ3n) is 3.86. The van der Waals surface area contributed by atoms with Crippen LogP contribution in [0.15, 0.2) is 42.5 Å². The number of halogens is 1. The second-order valence-corrected chi connectivity index (χ2v) is 5.23. The van der Waals surface area contributed by atoms with Gasteiger partial charge in [0, 0.05) is 23.8 Å². The first kappa shape index (κ1) is 12.7. The van der Waals surface area contributed by atoms with E-state index in [9.17, 15) is 4.39 Å². The first-order valence-corrected chi connectivity index (χ1v) is 6.72. The number of anilines is 1. The van der Waals surface area contributed by atoms with E-state index in [2.05, 4.69) is 30.0 Å². The molecule has 3 heteroatoms. The van der Waals surface area contributed by atoms with Crippen LogP contribution in [0.4, 0.5) is 10.1 Å². The minimum atomic E-state index is -0.249. The Labute approximate surface area is 118 Å². The van der Waals surface area contributed by atoms with Crippen molar-refractivity contribution in [3.63, 3.8) is 0 Å². The largest absolute Gasteiger partial charge is 0.364 e. The molecule has 100 valence electrons. The Kier molecular flexibility index (Phi) is 3.15. The Balaban J connectivity index is 1.94. The fourth-order valence-corrected chi connectivity index (χ4v) is 2.82. The Morgan fingerprint density at radius 3 is 2.90 bits per heavy atom. The predicted molar refractivity (Wildman–Crippen MR) is 76.9 cm³/mol. The maximum Gasteiger partial charge on any atom is 0.128 e. The van der Waals surface area contributed by atoms with E-state index in [1.54, 1.807) is 6.07 Å². The number of hydrogen-bond acceptors (Lipinski definition) is 2. The number of para-hydroxylation sites is 1. The molecule has 0 unspecified atom stereocenters. The lowest BCUT2D eigenvalue weighted by atomic mass is 10.1. The normalized spacial score (nSPS) is 16.9. The highest BCUT2D eigenvalue weighted by Gasteiger charge is 2.26. The molecule has 0 fully saturated rings. The Bertz CT molecular complexity index is 688. The van der Waals surface area contributed by atoms with Crippen LogP contribution in [-0.2, 0) is 13.0 Å². The van der Waals surface area contributed by atoms with E-state index in [1.165, 1.54) is 23.4 Å². The summed E-state index contributed by atoms with van der Waals surface area (Å²) in [7, 11) is 0. The van der Waals surface area contributed by atoms with Crippen LogP contribution in [0.1, 0.15) is 23.6 Å². The molecule has 1 aliphatic heterocycles. The van der Waals surface area contributed by atoms with Gasteiger partial charge in [0.25, 0.3) is 0 Å². The van der Waals surface area contributed by atoms with E-state index >= 15 is 0 Å². The summed E-state index contributed by atoms with van der Waals surface area (Å²) >= 11 is 0. The van der Waals surface area contributed by atoms with E-state index < -0.39 is 0 Å². The van der Waals surface area contributed by atoms with Crippen LogP contribution in [0.2, 0.25) is 0 Å². The standard InChI is InChI=1S/C17H15FN2/c1-12-8-14-4-2-3-5-17(14)20(12)11-15-9-13(10-19)6-7-16(15)18/h2-7,9,12H,8,11H2,1H3/t12-/m0/s1. The molecular weight excluding hydrogens is 251 g/mol. The van der Waals surface area contributed by atoms with Crippen molar-refractivity contribution in [2.24, 2.45) is 0 Å². The molecule has 20 heavy (non-hydrogen) atoms. The van der Waals surface area contributed by atoms with Gasteiger partial charge in [-0.05, 0) is 43.2 Å². The summed E-state index contributed by atoms with van der Waals surface area (Å²) in [6, 6.07) is 15.2. The van der Waals surface area contributed by atoms with E-state index in [0.717, 1.165) is 6.42 Å². The molecule has 0 aromatic heterocycles. The molecule has 0 spiro atoms. The summed E-state index contributed by atoms with van der Waals surface area (Å²) in [6.07, 6.45) is 0.982. The molecule has 0 N–H and O–H groups in total. The first-order chi connectivity index (χ1) is 9.69. The average molecular weight is 266 g/mol. The molecule has 2 aromatic rings. The van der Waals surface area contributed by atoms with Gasteiger partial charge in [0.15, 0.2) is 0 Å². The molecule has 0 radical (unpaired) electrons.